The lowest BCUT2D eigenvalue weighted by Crippen LogP contribution is -2.49. The highest BCUT2D eigenvalue weighted by atomic mass is 35.5. The molecule has 0 bridgehead atoms. The van der Waals surface area contributed by atoms with Crippen LogP contribution in [0.25, 0.3) is 5.65 Å². The van der Waals surface area contributed by atoms with Gasteiger partial charge in [-0.2, -0.15) is 5.10 Å². The van der Waals surface area contributed by atoms with Crippen molar-refractivity contribution in [2.45, 2.75) is 25.4 Å². The van der Waals surface area contributed by atoms with Gasteiger partial charge in [0.05, 0.1) is 23.7 Å². The van der Waals surface area contributed by atoms with Gasteiger partial charge in [0.25, 0.3) is 0 Å². The molecule has 0 spiro atoms. The number of hydrogen-bond acceptors (Lipinski definition) is 4. The molecule has 1 aliphatic heterocycles. The van der Waals surface area contributed by atoms with Crippen LogP contribution in [0.2, 0.25) is 5.15 Å². The van der Waals surface area contributed by atoms with E-state index in [9.17, 15) is 0 Å². The molecule has 0 aromatic carbocycles. The summed E-state index contributed by atoms with van der Waals surface area (Å²) in [5.74, 6) is 0. The van der Waals surface area contributed by atoms with Crippen molar-refractivity contribution in [1.29, 1.82) is 0 Å². The molecule has 0 radical (unpaired) electrons. The number of hydrogen-bond donors (Lipinski definition) is 0. The molecular formula is C13H17ClN4O. The van der Waals surface area contributed by atoms with Gasteiger partial charge < -0.3 is 9.64 Å². The van der Waals surface area contributed by atoms with Crippen LogP contribution in [0.5, 0.6) is 0 Å². The Morgan fingerprint density at radius 1 is 1.47 bits per heavy atom. The van der Waals surface area contributed by atoms with Crippen molar-refractivity contribution in [3.8, 4) is 0 Å². The molecule has 1 aliphatic rings. The maximum absolute atomic E-state index is 6.01. The van der Waals surface area contributed by atoms with E-state index in [-0.39, 0.29) is 11.5 Å². The topological polar surface area (TPSA) is 42.7 Å². The number of anilines is 1. The summed E-state index contributed by atoms with van der Waals surface area (Å²) in [5.41, 5.74) is 2.77. The third-order valence-corrected chi connectivity index (χ3v) is 4.17. The fourth-order valence-corrected chi connectivity index (χ4v) is 3.05. The van der Waals surface area contributed by atoms with Crippen LogP contribution in [0.4, 0.5) is 5.69 Å². The molecule has 6 heteroatoms. The van der Waals surface area contributed by atoms with Crippen molar-refractivity contribution in [2.24, 2.45) is 0 Å². The Hall–Kier alpha value is -1.33. The molecule has 3 rings (SSSR count). The third-order valence-electron chi connectivity index (χ3n) is 3.98. The van der Waals surface area contributed by atoms with E-state index >= 15 is 0 Å². The fourth-order valence-electron chi connectivity index (χ4n) is 2.88. The summed E-state index contributed by atoms with van der Waals surface area (Å²) in [6.45, 7) is 5.17. The van der Waals surface area contributed by atoms with Crippen molar-refractivity contribution in [3.63, 3.8) is 0 Å². The van der Waals surface area contributed by atoms with Crippen LogP contribution in [-0.4, -0.2) is 41.4 Å². The standard InChI is InChI=1S/C13H17ClN4O/c1-13(2)9(19-4)7-17(3)8-6-15-11-5-10(14)16-18(11)12(8)13/h5-6,9H,7H2,1-4H3. The zero-order chi connectivity index (χ0) is 13.8. The van der Waals surface area contributed by atoms with Crippen LogP contribution in [0, 0.1) is 0 Å². The number of likely N-dealkylation sites (N-methyl/N-ethyl adjacent to an activating group) is 1. The summed E-state index contributed by atoms with van der Waals surface area (Å²) >= 11 is 6.01. The molecular weight excluding hydrogens is 264 g/mol. The van der Waals surface area contributed by atoms with E-state index in [1.807, 2.05) is 17.8 Å². The molecule has 0 amide bonds. The van der Waals surface area contributed by atoms with Gasteiger partial charge in [-0.3, -0.25) is 0 Å². The van der Waals surface area contributed by atoms with Crippen molar-refractivity contribution in [2.75, 3.05) is 25.6 Å². The lowest BCUT2D eigenvalue weighted by molar-refractivity contribution is 0.0444. The van der Waals surface area contributed by atoms with Crippen LogP contribution in [0.15, 0.2) is 12.3 Å². The number of rotatable bonds is 1. The first-order chi connectivity index (χ1) is 8.95. The molecule has 0 fully saturated rings. The minimum Gasteiger partial charge on any atom is -0.379 e. The minimum absolute atomic E-state index is 0.0959. The second-order valence-electron chi connectivity index (χ2n) is 5.56. The second kappa shape index (κ2) is 4.08. The van der Waals surface area contributed by atoms with Crippen molar-refractivity contribution >= 4 is 22.9 Å². The quantitative estimate of drug-likeness (QED) is 0.803. The first-order valence-electron chi connectivity index (χ1n) is 6.24. The second-order valence-corrected chi connectivity index (χ2v) is 5.94. The van der Waals surface area contributed by atoms with Gasteiger partial charge in [0.1, 0.15) is 0 Å². The van der Waals surface area contributed by atoms with Gasteiger partial charge in [0, 0.05) is 32.2 Å². The number of fused-ring (bicyclic) bond motifs is 3. The maximum Gasteiger partial charge on any atom is 0.156 e. The Balaban J connectivity index is 2.34. The van der Waals surface area contributed by atoms with Gasteiger partial charge in [-0.15, -0.1) is 0 Å². The summed E-state index contributed by atoms with van der Waals surface area (Å²) in [6.07, 6.45) is 1.98. The predicted octanol–water partition coefficient (Wildman–Crippen LogP) is 2.13. The SMILES string of the molecule is COC1CN(C)c2cnc3cc(Cl)nn3c2C1(C)C. The fraction of sp³-hybridized carbons (Fsp3) is 0.538. The summed E-state index contributed by atoms with van der Waals surface area (Å²) in [7, 11) is 3.79. The van der Waals surface area contributed by atoms with E-state index in [2.05, 4.69) is 28.8 Å². The van der Waals surface area contributed by atoms with Gasteiger partial charge in [-0.05, 0) is 0 Å². The molecule has 102 valence electrons. The van der Waals surface area contributed by atoms with E-state index in [4.69, 9.17) is 16.3 Å². The number of halogens is 1. The molecule has 5 nitrogen and oxygen atoms in total. The first-order valence-corrected chi connectivity index (χ1v) is 6.61. The zero-order valence-electron chi connectivity index (χ0n) is 11.5. The highest BCUT2D eigenvalue weighted by molar-refractivity contribution is 6.29. The lowest BCUT2D eigenvalue weighted by atomic mass is 9.79. The van der Waals surface area contributed by atoms with Crippen molar-refractivity contribution in [1.82, 2.24) is 14.6 Å². The van der Waals surface area contributed by atoms with Gasteiger partial charge in [-0.25, -0.2) is 9.50 Å². The lowest BCUT2D eigenvalue weighted by Gasteiger charge is -2.43. The maximum atomic E-state index is 6.01. The van der Waals surface area contributed by atoms with Crippen molar-refractivity contribution in [3.05, 3.63) is 23.1 Å². The summed E-state index contributed by atoms with van der Waals surface area (Å²) in [5, 5.41) is 4.82. The van der Waals surface area contributed by atoms with E-state index in [1.165, 1.54) is 0 Å². The molecule has 0 saturated carbocycles. The molecule has 2 aromatic heterocycles. The van der Waals surface area contributed by atoms with Crippen LogP contribution in [-0.2, 0) is 10.2 Å². The number of methoxy groups -OCH3 is 1. The van der Waals surface area contributed by atoms with Crippen molar-refractivity contribution < 1.29 is 4.74 Å². The summed E-state index contributed by atoms with van der Waals surface area (Å²) < 4.78 is 7.49. The van der Waals surface area contributed by atoms with Gasteiger partial charge in [-0.1, -0.05) is 25.4 Å². The molecule has 3 heterocycles. The Kier molecular flexibility index (Phi) is 2.73. The van der Waals surface area contributed by atoms with Gasteiger partial charge in [0.2, 0.25) is 0 Å². The molecule has 2 aromatic rings. The average Bonchev–Trinajstić information content (AvgIpc) is 2.72. The molecule has 19 heavy (non-hydrogen) atoms. The minimum atomic E-state index is -0.160. The first kappa shape index (κ1) is 12.7. The van der Waals surface area contributed by atoms with Gasteiger partial charge >= 0.3 is 0 Å². The Labute approximate surface area is 117 Å². The largest absolute Gasteiger partial charge is 0.379 e. The Bertz CT molecular complexity index is 637. The van der Waals surface area contributed by atoms with E-state index in [0.717, 1.165) is 23.6 Å². The summed E-state index contributed by atoms with van der Waals surface area (Å²) in [6, 6.07) is 1.77. The summed E-state index contributed by atoms with van der Waals surface area (Å²) in [4.78, 5) is 6.57. The van der Waals surface area contributed by atoms with Gasteiger partial charge in [0.15, 0.2) is 10.8 Å². The zero-order valence-corrected chi connectivity index (χ0v) is 12.3. The predicted molar refractivity (Wildman–Crippen MR) is 75.1 cm³/mol. The van der Waals surface area contributed by atoms with E-state index < -0.39 is 0 Å². The van der Waals surface area contributed by atoms with E-state index in [0.29, 0.717) is 5.15 Å². The highest BCUT2D eigenvalue weighted by Gasteiger charge is 2.41. The van der Waals surface area contributed by atoms with E-state index in [1.54, 1.807) is 13.2 Å². The van der Waals surface area contributed by atoms with Crippen LogP contribution < -0.4 is 4.90 Å². The molecule has 0 aliphatic carbocycles. The average molecular weight is 281 g/mol. The molecule has 0 N–H and O–H groups in total. The number of aromatic nitrogens is 3. The van der Waals surface area contributed by atoms with Crippen LogP contribution in [0.3, 0.4) is 0 Å². The highest BCUT2D eigenvalue weighted by Crippen LogP contribution is 2.40. The Morgan fingerprint density at radius 2 is 2.21 bits per heavy atom. The monoisotopic (exact) mass is 280 g/mol. The molecule has 1 atom stereocenters. The normalized spacial score (nSPS) is 21.7. The number of ether oxygens (including phenoxy) is 1. The smallest absolute Gasteiger partial charge is 0.156 e. The molecule has 1 unspecified atom stereocenters. The molecule has 0 saturated heterocycles. The Morgan fingerprint density at radius 3 is 2.89 bits per heavy atom. The van der Waals surface area contributed by atoms with Crippen LogP contribution in [0.1, 0.15) is 19.5 Å². The third kappa shape index (κ3) is 1.72. The number of nitrogens with zero attached hydrogens (tertiary/aromatic N) is 4. The van der Waals surface area contributed by atoms with Crippen LogP contribution >= 0.6 is 11.6 Å².